The minimum absolute atomic E-state index is 0.175. The average Bonchev–Trinajstić information content (AvgIpc) is 2.42. The Morgan fingerprint density at radius 3 is 2.83 bits per heavy atom. The van der Waals surface area contributed by atoms with Crippen LogP contribution in [0.2, 0.25) is 0 Å². The van der Waals surface area contributed by atoms with Crippen LogP contribution in [-0.2, 0) is 0 Å². The number of nitriles is 1. The molecular formula is C15H17NOS. The van der Waals surface area contributed by atoms with Gasteiger partial charge in [-0.25, -0.2) is 0 Å². The van der Waals surface area contributed by atoms with Crippen molar-refractivity contribution in [1.82, 2.24) is 0 Å². The van der Waals surface area contributed by atoms with Gasteiger partial charge in [-0.05, 0) is 24.3 Å². The number of benzene rings is 1. The maximum Gasteiger partial charge on any atom is 0.119 e. The third kappa shape index (κ3) is 3.30. The van der Waals surface area contributed by atoms with Crippen LogP contribution in [0.4, 0.5) is 0 Å². The van der Waals surface area contributed by atoms with Crippen LogP contribution in [0.15, 0.2) is 42.0 Å². The van der Waals surface area contributed by atoms with Crippen LogP contribution in [0.3, 0.4) is 0 Å². The molecule has 1 aromatic rings. The Balaban J connectivity index is 2.06. The van der Waals surface area contributed by atoms with Gasteiger partial charge in [-0.15, -0.1) is 0 Å². The largest absolute Gasteiger partial charge is 0.489 e. The molecule has 2 nitrogen and oxygen atoms in total. The van der Waals surface area contributed by atoms with E-state index in [0.717, 1.165) is 29.9 Å². The van der Waals surface area contributed by atoms with Crippen LogP contribution < -0.4 is 4.74 Å². The van der Waals surface area contributed by atoms with Crippen LogP contribution in [0.25, 0.3) is 0 Å². The zero-order chi connectivity index (χ0) is 12.8. The van der Waals surface area contributed by atoms with E-state index in [1.54, 1.807) is 0 Å². The predicted octanol–water partition coefficient (Wildman–Crippen LogP) is 3.80. The van der Waals surface area contributed by atoms with E-state index in [4.69, 9.17) is 10.00 Å². The molecule has 0 amide bonds. The summed E-state index contributed by atoms with van der Waals surface area (Å²) >= 11 is 1.88. The van der Waals surface area contributed by atoms with Crippen molar-refractivity contribution in [1.29, 1.82) is 5.26 Å². The van der Waals surface area contributed by atoms with E-state index in [-0.39, 0.29) is 6.10 Å². The van der Waals surface area contributed by atoms with Crippen LogP contribution in [0.1, 0.15) is 19.8 Å². The number of hydrogen-bond donors (Lipinski definition) is 0. The molecule has 0 bridgehead atoms. The molecule has 0 saturated carbocycles. The Hall–Kier alpha value is -1.40. The maximum atomic E-state index is 8.98. The zero-order valence-electron chi connectivity index (χ0n) is 10.5. The van der Waals surface area contributed by atoms with Crippen molar-refractivity contribution >= 4 is 11.8 Å². The molecule has 3 heteroatoms. The lowest BCUT2D eigenvalue weighted by Gasteiger charge is -2.29. The van der Waals surface area contributed by atoms with E-state index < -0.39 is 0 Å². The van der Waals surface area contributed by atoms with Gasteiger partial charge >= 0.3 is 0 Å². The maximum absolute atomic E-state index is 8.98. The number of nitrogens with zero attached hydrogens (tertiary/aromatic N) is 1. The Bertz CT molecular complexity index is 449. The van der Waals surface area contributed by atoms with Crippen molar-refractivity contribution in [2.45, 2.75) is 31.1 Å². The summed E-state index contributed by atoms with van der Waals surface area (Å²) < 4.78 is 6.04. The highest BCUT2D eigenvalue weighted by Gasteiger charge is 2.27. The molecule has 2 rings (SSSR count). The molecule has 0 spiro atoms. The molecule has 0 saturated heterocycles. The molecule has 0 aliphatic heterocycles. The first kappa shape index (κ1) is 13.0. The highest BCUT2D eigenvalue weighted by molar-refractivity contribution is 7.99. The van der Waals surface area contributed by atoms with Gasteiger partial charge in [-0.1, -0.05) is 31.2 Å². The molecule has 2 atom stereocenters. The fourth-order valence-corrected chi connectivity index (χ4v) is 3.22. The van der Waals surface area contributed by atoms with Crippen molar-refractivity contribution in [3.63, 3.8) is 0 Å². The summed E-state index contributed by atoms with van der Waals surface area (Å²) in [6, 6.07) is 12.2. The molecule has 94 valence electrons. The molecule has 0 N–H and O–H groups in total. The summed E-state index contributed by atoms with van der Waals surface area (Å²) in [6.45, 7) is 2.15. The molecule has 1 aliphatic rings. The second-order valence-corrected chi connectivity index (χ2v) is 5.76. The SMILES string of the molecule is CCS[C@H]1CC(C#N)=CC[C@H]1Oc1ccccc1. The zero-order valence-corrected chi connectivity index (χ0v) is 11.3. The van der Waals surface area contributed by atoms with E-state index in [2.05, 4.69) is 13.0 Å². The summed E-state index contributed by atoms with van der Waals surface area (Å²) in [4.78, 5) is 0. The lowest BCUT2D eigenvalue weighted by atomic mass is 9.97. The van der Waals surface area contributed by atoms with E-state index >= 15 is 0 Å². The summed E-state index contributed by atoms with van der Waals surface area (Å²) in [5, 5.41) is 9.37. The number of allylic oxidation sites excluding steroid dienone is 1. The van der Waals surface area contributed by atoms with Crippen molar-refractivity contribution in [2.75, 3.05) is 5.75 Å². The van der Waals surface area contributed by atoms with Gasteiger partial charge in [0.15, 0.2) is 0 Å². The number of para-hydroxylation sites is 1. The third-order valence-electron chi connectivity index (χ3n) is 2.99. The highest BCUT2D eigenvalue weighted by Crippen LogP contribution is 2.31. The normalized spacial score (nSPS) is 23.0. The average molecular weight is 259 g/mol. The summed E-state index contributed by atoms with van der Waals surface area (Å²) in [7, 11) is 0. The molecule has 0 heterocycles. The van der Waals surface area contributed by atoms with Crippen LogP contribution in [-0.4, -0.2) is 17.1 Å². The lowest BCUT2D eigenvalue weighted by Crippen LogP contribution is -2.32. The molecule has 0 fully saturated rings. The van der Waals surface area contributed by atoms with Gasteiger partial charge in [-0.3, -0.25) is 0 Å². The Labute approximate surface area is 113 Å². The molecule has 0 aromatic heterocycles. The minimum Gasteiger partial charge on any atom is -0.489 e. The summed E-state index contributed by atoms with van der Waals surface area (Å²) in [6.07, 6.45) is 3.84. The summed E-state index contributed by atoms with van der Waals surface area (Å²) in [5.41, 5.74) is 0.897. The second kappa shape index (κ2) is 6.51. The minimum atomic E-state index is 0.175. The van der Waals surface area contributed by atoms with Gasteiger partial charge in [0, 0.05) is 17.2 Å². The molecule has 1 aliphatic carbocycles. The molecule has 0 radical (unpaired) electrons. The molecule has 18 heavy (non-hydrogen) atoms. The summed E-state index contributed by atoms with van der Waals surface area (Å²) in [5.74, 6) is 1.97. The molecular weight excluding hydrogens is 242 g/mol. The van der Waals surface area contributed by atoms with E-state index in [1.165, 1.54) is 0 Å². The van der Waals surface area contributed by atoms with Gasteiger partial charge in [-0.2, -0.15) is 17.0 Å². The first-order chi connectivity index (χ1) is 8.83. The lowest BCUT2D eigenvalue weighted by molar-refractivity contribution is 0.196. The standard InChI is InChI=1S/C15H17NOS/c1-2-18-15-10-12(11-16)8-9-14(15)17-13-6-4-3-5-7-13/h3-8,14-15H,2,9-10H2,1H3/t14-,15+/m1/s1. The van der Waals surface area contributed by atoms with Crippen molar-refractivity contribution < 1.29 is 4.74 Å². The van der Waals surface area contributed by atoms with E-state index in [9.17, 15) is 0 Å². The Morgan fingerprint density at radius 2 is 2.17 bits per heavy atom. The third-order valence-corrected chi connectivity index (χ3v) is 4.22. The van der Waals surface area contributed by atoms with Crippen molar-refractivity contribution in [3.8, 4) is 11.8 Å². The molecule has 1 aromatic carbocycles. The smallest absolute Gasteiger partial charge is 0.119 e. The van der Waals surface area contributed by atoms with Crippen molar-refractivity contribution in [2.24, 2.45) is 0 Å². The van der Waals surface area contributed by atoms with E-state index in [0.29, 0.717) is 5.25 Å². The van der Waals surface area contributed by atoms with Crippen LogP contribution >= 0.6 is 11.8 Å². The first-order valence-electron chi connectivity index (χ1n) is 6.26. The van der Waals surface area contributed by atoms with Gasteiger partial charge in [0.2, 0.25) is 0 Å². The number of rotatable bonds is 4. The fraction of sp³-hybridized carbons (Fsp3) is 0.400. The predicted molar refractivity (Wildman–Crippen MR) is 75.7 cm³/mol. The van der Waals surface area contributed by atoms with Crippen molar-refractivity contribution in [3.05, 3.63) is 42.0 Å². The number of ether oxygens (including phenoxy) is 1. The highest BCUT2D eigenvalue weighted by atomic mass is 32.2. The van der Waals surface area contributed by atoms with Gasteiger partial charge in [0.05, 0.1) is 6.07 Å². The first-order valence-corrected chi connectivity index (χ1v) is 7.30. The quantitative estimate of drug-likeness (QED) is 0.824. The Kier molecular flexibility index (Phi) is 4.72. The molecule has 0 unspecified atom stereocenters. The number of hydrogen-bond acceptors (Lipinski definition) is 3. The van der Waals surface area contributed by atoms with Gasteiger partial charge in [0.25, 0.3) is 0 Å². The Morgan fingerprint density at radius 1 is 1.39 bits per heavy atom. The topological polar surface area (TPSA) is 33.0 Å². The van der Waals surface area contributed by atoms with Gasteiger partial charge in [0.1, 0.15) is 11.9 Å². The van der Waals surface area contributed by atoms with Gasteiger partial charge < -0.3 is 4.74 Å². The monoisotopic (exact) mass is 259 g/mol. The van der Waals surface area contributed by atoms with Crippen LogP contribution in [0.5, 0.6) is 5.75 Å². The fourth-order valence-electron chi connectivity index (χ4n) is 2.11. The second-order valence-electron chi connectivity index (χ2n) is 4.24. The van der Waals surface area contributed by atoms with E-state index in [1.807, 2.05) is 48.2 Å². The number of thioether (sulfide) groups is 1. The van der Waals surface area contributed by atoms with Crippen LogP contribution in [0, 0.1) is 11.3 Å².